The van der Waals surface area contributed by atoms with E-state index in [-0.39, 0.29) is 11.8 Å². The van der Waals surface area contributed by atoms with Crippen LogP contribution in [0.1, 0.15) is 24.5 Å². The van der Waals surface area contributed by atoms with Gasteiger partial charge in [0.2, 0.25) is 5.91 Å². The number of hydrogen-bond acceptors (Lipinski definition) is 3. The fourth-order valence-corrected chi connectivity index (χ4v) is 3.18. The largest absolute Gasteiger partial charge is 0.355 e. The Kier molecular flexibility index (Phi) is 19.2. The number of aryl methyl sites for hydroxylation is 2. The third-order valence-electron chi connectivity index (χ3n) is 4.05. The quantitative estimate of drug-likeness (QED) is 0.356. The number of benzene rings is 2. The average Bonchev–Trinajstić information content (AvgIpc) is 2.80. The zero-order valence-corrected chi connectivity index (χ0v) is 20.9. The molecule has 2 aromatic rings. The highest BCUT2D eigenvalue weighted by Gasteiger charge is 2.07. The molecule has 0 aromatic heterocycles. The molecule has 2 aromatic carbocycles. The molecule has 0 aliphatic carbocycles. The van der Waals surface area contributed by atoms with E-state index in [0.29, 0.717) is 15.6 Å². The van der Waals surface area contributed by atoms with Crippen molar-refractivity contribution in [2.75, 3.05) is 7.05 Å². The van der Waals surface area contributed by atoms with Gasteiger partial charge in [-0.15, -0.1) is 6.58 Å². The molecule has 0 saturated heterocycles. The van der Waals surface area contributed by atoms with Crippen LogP contribution in [0.5, 0.6) is 0 Å². The van der Waals surface area contributed by atoms with Crippen molar-refractivity contribution in [2.24, 2.45) is 5.92 Å². The third kappa shape index (κ3) is 14.6. The summed E-state index contributed by atoms with van der Waals surface area (Å²) >= 11 is 17.6. The molecule has 4 nitrogen and oxygen atoms in total. The molecule has 1 unspecified atom stereocenters. The molecule has 1 N–H and O–H groups in total. The Morgan fingerprint density at radius 1 is 0.969 bits per heavy atom. The Bertz CT molecular complexity index is 809. The van der Waals surface area contributed by atoms with Gasteiger partial charge in [0, 0.05) is 27.7 Å². The molecule has 7 heteroatoms. The Labute approximate surface area is 206 Å². The molecule has 0 saturated carbocycles. The highest BCUT2D eigenvalue weighted by molar-refractivity contribution is 6.34. The second-order valence-corrected chi connectivity index (χ2v) is 7.75. The summed E-state index contributed by atoms with van der Waals surface area (Å²) in [5, 5.41) is 4.69. The summed E-state index contributed by atoms with van der Waals surface area (Å²) < 4.78 is 0. The van der Waals surface area contributed by atoms with Gasteiger partial charge in [-0.25, -0.2) is 0 Å². The van der Waals surface area contributed by atoms with Crippen molar-refractivity contribution in [3.05, 3.63) is 93.0 Å². The lowest BCUT2D eigenvalue weighted by molar-refractivity contribution is -0.117. The predicted molar refractivity (Wildman–Crippen MR) is 137 cm³/mol. The SMILES string of the molecule is C=CC(/C=C(\C)C(=O)NC)CCc1cc(Cl)cc(Cl)c1.C=O.C=O.Cc1ccc(Cl)cc1. The summed E-state index contributed by atoms with van der Waals surface area (Å²) in [4.78, 5) is 27.5. The summed E-state index contributed by atoms with van der Waals surface area (Å²) in [5.41, 5.74) is 3.02. The van der Waals surface area contributed by atoms with Crippen LogP contribution in [0.15, 0.2) is 66.8 Å². The predicted octanol–water partition coefficient (Wildman–Crippen LogP) is 6.70. The first-order valence-corrected chi connectivity index (χ1v) is 10.7. The topological polar surface area (TPSA) is 63.2 Å². The highest BCUT2D eigenvalue weighted by atomic mass is 35.5. The summed E-state index contributed by atoms with van der Waals surface area (Å²) in [6.45, 7) is 11.7. The Hall–Kier alpha value is -2.40. The van der Waals surface area contributed by atoms with Crippen LogP contribution in [0, 0.1) is 12.8 Å². The maximum absolute atomic E-state index is 11.5. The van der Waals surface area contributed by atoms with Gasteiger partial charge in [-0.1, -0.05) is 64.7 Å². The van der Waals surface area contributed by atoms with Gasteiger partial charge in [0.15, 0.2) is 0 Å². The lowest BCUT2D eigenvalue weighted by atomic mass is 9.97. The van der Waals surface area contributed by atoms with Crippen LogP contribution in [-0.2, 0) is 20.8 Å². The van der Waals surface area contributed by atoms with Gasteiger partial charge in [-0.3, -0.25) is 4.79 Å². The van der Waals surface area contributed by atoms with E-state index in [1.165, 1.54) is 5.56 Å². The zero-order valence-electron chi connectivity index (χ0n) is 18.7. The third-order valence-corrected chi connectivity index (χ3v) is 4.74. The van der Waals surface area contributed by atoms with Crippen molar-refractivity contribution in [1.82, 2.24) is 5.32 Å². The molecular formula is C25H30Cl3NO3. The minimum atomic E-state index is -0.0670. The van der Waals surface area contributed by atoms with Crippen LogP contribution in [0.4, 0.5) is 0 Å². The normalized spacial score (nSPS) is 10.6. The lowest BCUT2D eigenvalue weighted by Gasteiger charge is -2.10. The van der Waals surface area contributed by atoms with Crippen molar-refractivity contribution >= 4 is 54.3 Å². The zero-order chi connectivity index (χ0) is 25.1. The fraction of sp³-hybridized carbons (Fsp3) is 0.240. The number of halogens is 3. The standard InChI is InChI=1S/C16H19Cl2NO.C7H7Cl.2CH2O/c1-4-12(7-11(2)16(20)19-3)5-6-13-8-14(17)10-15(18)9-13;1-6-2-4-7(8)5-3-6;2*1-2/h4,7-10,12H,1,5-6H2,2-3H3,(H,19,20);2-5H,1H3;2*1H2/b11-7+;;;. The Balaban J connectivity index is 0. The first-order valence-electron chi connectivity index (χ1n) is 9.53. The van der Waals surface area contributed by atoms with E-state index < -0.39 is 0 Å². The molecule has 0 radical (unpaired) electrons. The van der Waals surface area contributed by atoms with Gasteiger partial charge in [0.25, 0.3) is 0 Å². The van der Waals surface area contributed by atoms with Gasteiger partial charge < -0.3 is 14.9 Å². The van der Waals surface area contributed by atoms with E-state index in [2.05, 4.69) is 11.9 Å². The number of allylic oxidation sites excluding steroid dienone is 2. The van der Waals surface area contributed by atoms with E-state index in [4.69, 9.17) is 44.4 Å². The first kappa shape index (κ1) is 31.8. The molecule has 1 amide bonds. The molecule has 32 heavy (non-hydrogen) atoms. The number of amides is 1. The molecule has 0 bridgehead atoms. The molecule has 0 spiro atoms. The monoisotopic (exact) mass is 497 g/mol. The Morgan fingerprint density at radius 3 is 1.88 bits per heavy atom. The van der Waals surface area contributed by atoms with Crippen molar-refractivity contribution in [3.8, 4) is 0 Å². The smallest absolute Gasteiger partial charge is 0.246 e. The maximum atomic E-state index is 11.5. The number of hydrogen-bond donors (Lipinski definition) is 1. The fourth-order valence-electron chi connectivity index (χ4n) is 2.49. The van der Waals surface area contributed by atoms with Gasteiger partial charge in [-0.05, 0) is 68.5 Å². The summed E-state index contributed by atoms with van der Waals surface area (Å²) in [6.07, 6.45) is 5.46. The second kappa shape index (κ2) is 19.3. The number of nitrogens with one attached hydrogen (secondary N) is 1. The van der Waals surface area contributed by atoms with Gasteiger partial charge >= 0.3 is 0 Å². The summed E-state index contributed by atoms with van der Waals surface area (Å²) in [7, 11) is 1.62. The molecule has 1 atom stereocenters. The molecule has 0 aliphatic heterocycles. The molecule has 2 rings (SSSR count). The maximum Gasteiger partial charge on any atom is 0.246 e. The molecule has 174 valence electrons. The van der Waals surface area contributed by atoms with Crippen molar-refractivity contribution in [3.63, 3.8) is 0 Å². The van der Waals surface area contributed by atoms with Crippen LogP contribution >= 0.6 is 34.8 Å². The summed E-state index contributed by atoms with van der Waals surface area (Å²) in [6, 6.07) is 13.3. The number of likely N-dealkylation sites (N-methyl/N-ethyl adjacent to an activating group) is 1. The van der Waals surface area contributed by atoms with Crippen LogP contribution in [0.25, 0.3) is 0 Å². The summed E-state index contributed by atoms with van der Waals surface area (Å²) in [5.74, 6) is 0.0766. The van der Waals surface area contributed by atoms with Crippen molar-refractivity contribution in [2.45, 2.75) is 26.7 Å². The number of carbonyl (C=O) groups is 3. The lowest BCUT2D eigenvalue weighted by Crippen LogP contribution is -2.19. The van der Waals surface area contributed by atoms with E-state index >= 15 is 0 Å². The highest BCUT2D eigenvalue weighted by Crippen LogP contribution is 2.22. The van der Waals surface area contributed by atoms with E-state index in [0.717, 1.165) is 23.4 Å². The first-order chi connectivity index (χ1) is 15.2. The molecular weight excluding hydrogens is 469 g/mol. The van der Waals surface area contributed by atoms with Crippen molar-refractivity contribution in [1.29, 1.82) is 0 Å². The van der Waals surface area contributed by atoms with E-state index in [1.54, 1.807) is 20.0 Å². The van der Waals surface area contributed by atoms with E-state index in [9.17, 15) is 4.79 Å². The Morgan fingerprint density at radius 2 is 1.47 bits per heavy atom. The van der Waals surface area contributed by atoms with Crippen LogP contribution in [0.3, 0.4) is 0 Å². The number of rotatable bonds is 6. The van der Waals surface area contributed by atoms with Gasteiger partial charge in [-0.2, -0.15) is 0 Å². The average molecular weight is 499 g/mol. The molecule has 0 fully saturated rings. The van der Waals surface area contributed by atoms with Crippen LogP contribution in [0.2, 0.25) is 15.1 Å². The van der Waals surface area contributed by atoms with Gasteiger partial charge in [0.1, 0.15) is 13.6 Å². The van der Waals surface area contributed by atoms with Crippen molar-refractivity contribution < 1.29 is 14.4 Å². The van der Waals surface area contributed by atoms with E-state index in [1.807, 2.05) is 69.1 Å². The van der Waals surface area contributed by atoms with Gasteiger partial charge in [0.05, 0.1) is 0 Å². The minimum absolute atomic E-state index is 0.0670. The second-order valence-electron chi connectivity index (χ2n) is 6.44. The minimum Gasteiger partial charge on any atom is -0.355 e. The number of carbonyl (C=O) groups excluding carboxylic acids is 3. The molecule has 0 aliphatic rings. The molecule has 0 heterocycles. The van der Waals surface area contributed by atoms with Crippen LogP contribution in [-0.4, -0.2) is 26.5 Å². The van der Waals surface area contributed by atoms with Crippen LogP contribution < -0.4 is 5.32 Å².